The van der Waals surface area contributed by atoms with Crippen molar-refractivity contribution in [1.29, 1.82) is 0 Å². The molecule has 2 unspecified atom stereocenters. The van der Waals surface area contributed by atoms with E-state index in [9.17, 15) is 14.7 Å². The quantitative estimate of drug-likeness (QED) is 0.198. The number of carbonyl (C=O) groups excluding carboxylic acids is 2. The van der Waals surface area contributed by atoms with Crippen molar-refractivity contribution in [3.63, 3.8) is 0 Å². The van der Waals surface area contributed by atoms with Crippen LogP contribution < -0.4 is 5.32 Å². The molecule has 41 heavy (non-hydrogen) atoms. The third kappa shape index (κ3) is 10.1. The van der Waals surface area contributed by atoms with Crippen LogP contribution in [0.4, 0.5) is 4.79 Å². The van der Waals surface area contributed by atoms with Gasteiger partial charge in [0.15, 0.2) is 0 Å². The van der Waals surface area contributed by atoms with Crippen molar-refractivity contribution >= 4 is 34.7 Å². The summed E-state index contributed by atoms with van der Waals surface area (Å²) in [5, 5.41) is 17.2. The van der Waals surface area contributed by atoms with E-state index >= 15 is 0 Å². The summed E-state index contributed by atoms with van der Waals surface area (Å²) >= 11 is 2.97. The van der Waals surface area contributed by atoms with Crippen LogP contribution in [0.25, 0.3) is 0 Å². The Morgan fingerprint density at radius 1 is 1.02 bits per heavy atom. The molecular weight excluding hydrogens is 556 g/mol. The minimum Gasteiger partial charge on any atom is -0.444 e. The van der Waals surface area contributed by atoms with Crippen molar-refractivity contribution in [2.24, 2.45) is 0 Å². The molecule has 2 N–H and O–H groups in total. The molecule has 2 atom stereocenters. The van der Waals surface area contributed by atoms with Crippen LogP contribution in [-0.4, -0.2) is 50.7 Å². The van der Waals surface area contributed by atoms with Gasteiger partial charge in [-0.2, -0.15) is 0 Å². The van der Waals surface area contributed by atoms with E-state index < -0.39 is 12.2 Å². The molecule has 0 bridgehead atoms. The van der Waals surface area contributed by atoms with E-state index in [-0.39, 0.29) is 44.5 Å². The summed E-state index contributed by atoms with van der Waals surface area (Å²) in [4.78, 5) is 37.1. The molecule has 4 aromatic rings. The van der Waals surface area contributed by atoms with E-state index in [0.717, 1.165) is 26.7 Å². The monoisotopic (exact) mass is 592 g/mol. The van der Waals surface area contributed by atoms with E-state index in [0.29, 0.717) is 12.3 Å². The Balaban J connectivity index is 1.42. The van der Waals surface area contributed by atoms with Gasteiger partial charge in [-0.05, 0) is 24.0 Å². The zero-order chi connectivity index (χ0) is 29.0. The van der Waals surface area contributed by atoms with E-state index in [2.05, 4.69) is 29.1 Å². The molecule has 0 saturated carbocycles. The van der Waals surface area contributed by atoms with Crippen molar-refractivity contribution < 1.29 is 19.4 Å². The second-order valence-electron chi connectivity index (χ2n) is 10.2. The van der Waals surface area contributed by atoms with Gasteiger partial charge in [-0.15, -0.1) is 22.7 Å². The fraction of sp³-hybridized carbons (Fsp3) is 0.355. The minimum atomic E-state index is -0.893. The number of benzene rings is 2. The van der Waals surface area contributed by atoms with Gasteiger partial charge >= 0.3 is 6.09 Å². The van der Waals surface area contributed by atoms with Crippen molar-refractivity contribution in [3.8, 4) is 0 Å². The van der Waals surface area contributed by atoms with Crippen LogP contribution >= 0.6 is 22.7 Å². The number of rotatable bonds is 14. The predicted molar refractivity (Wildman–Crippen MR) is 162 cm³/mol. The van der Waals surface area contributed by atoms with Crippen LogP contribution in [0.5, 0.6) is 0 Å². The topological polar surface area (TPSA) is 105 Å². The van der Waals surface area contributed by atoms with Gasteiger partial charge in [-0.25, -0.2) is 9.78 Å². The van der Waals surface area contributed by atoms with E-state index in [4.69, 9.17) is 4.74 Å². The number of nitrogens with zero attached hydrogens (tertiary/aromatic N) is 3. The second-order valence-corrected chi connectivity index (χ2v) is 12.1. The number of hydrogen-bond donors (Lipinski definition) is 2. The first-order chi connectivity index (χ1) is 19.9. The number of hydrogen-bond acceptors (Lipinski definition) is 8. The van der Waals surface area contributed by atoms with Crippen molar-refractivity contribution in [2.75, 3.05) is 6.54 Å². The Labute approximate surface area is 249 Å². The lowest BCUT2D eigenvalue weighted by Gasteiger charge is -2.27. The third-order valence-corrected chi connectivity index (χ3v) is 8.33. The van der Waals surface area contributed by atoms with Gasteiger partial charge in [-0.1, -0.05) is 74.5 Å². The Hall–Kier alpha value is -3.60. The van der Waals surface area contributed by atoms with Crippen LogP contribution in [-0.2, 0) is 35.5 Å². The number of amides is 2. The molecule has 10 heteroatoms. The Kier molecular flexibility index (Phi) is 11.4. The van der Waals surface area contributed by atoms with Crippen LogP contribution in [0.15, 0.2) is 77.8 Å². The molecule has 0 saturated heterocycles. The summed E-state index contributed by atoms with van der Waals surface area (Å²) in [7, 11) is 0. The summed E-state index contributed by atoms with van der Waals surface area (Å²) < 4.78 is 5.54. The molecule has 0 spiro atoms. The molecule has 2 heterocycles. The Bertz CT molecular complexity index is 1350. The van der Waals surface area contributed by atoms with Gasteiger partial charge in [0.1, 0.15) is 6.61 Å². The molecule has 0 fully saturated rings. The summed E-state index contributed by atoms with van der Waals surface area (Å²) in [6.07, 6.45) is 1.24. The average molecular weight is 593 g/mol. The van der Waals surface area contributed by atoms with Gasteiger partial charge in [-0.3, -0.25) is 9.78 Å². The summed E-state index contributed by atoms with van der Waals surface area (Å²) in [6, 6.07) is 19.1. The largest absolute Gasteiger partial charge is 0.444 e. The number of ether oxygens (including phenoxy) is 1. The maximum atomic E-state index is 13.1. The number of aliphatic hydroxyl groups excluding tert-OH is 1. The molecule has 0 radical (unpaired) electrons. The molecule has 2 aromatic carbocycles. The first-order valence-corrected chi connectivity index (χ1v) is 15.4. The lowest BCUT2D eigenvalue weighted by atomic mass is 9.99. The fourth-order valence-electron chi connectivity index (χ4n) is 4.41. The highest BCUT2D eigenvalue weighted by Gasteiger charge is 2.24. The van der Waals surface area contributed by atoms with Crippen LogP contribution in [0.3, 0.4) is 0 Å². The zero-order valence-electron chi connectivity index (χ0n) is 23.3. The van der Waals surface area contributed by atoms with Crippen molar-refractivity contribution in [1.82, 2.24) is 20.2 Å². The highest BCUT2D eigenvalue weighted by atomic mass is 32.1. The third-order valence-electron chi connectivity index (χ3n) is 6.38. The highest BCUT2D eigenvalue weighted by molar-refractivity contribution is 7.09. The predicted octanol–water partition coefficient (Wildman–Crippen LogP) is 5.58. The van der Waals surface area contributed by atoms with Crippen molar-refractivity contribution in [2.45, 2.75) is 64.3 Å². The van der Waals surface area contributed by atoms with Crippen molar-refractivity contribution in [3.05, 3.63) is 104 Å². The van der Waals surface area contributed by atoms with E-state index in [1.165, 1.54) is 16.2 Å². The van der Waals surface area contributed by atoms with E-state index in [1.54, 1.807) is 23.0 Å². The molecule has 2 aromatic heterocycles. The summed E-state index contributed by atoms with van der Waals surface area (Å²) in [5.41, 5.74) is 4.40. The maximum Gasteiger partial charge on any atom is 0.410 e. The van der Waals surface area contributed by atoms with E-state index in [1.807, 2.05) is 66.0 Å². The molecule has 0 aliphatic carbocycles. The molecule has 2 amide bonds. The standard InChI is InChI=1S/C31H36N4O4S2/c1-22(2)30-34-26(20-40-30)15-29(37)33-25(13-23-9-5-3-6-10-23)14-27(36)18-35(17-24-11-7-4-8-12-24)31(38)39-19-28-16-32-21-41-28/h3-12,16,20-22,25,27,36H,13-15,17-19H2,1-2H3,(H,33,37). The number of aromatic nitrogens is 2. The maximum absolute atomic E-state index is 13.1. The molecule has 4 rings (SSSR count). The molecule has 8 nitrogen and oxygen atoms in total. The number of nitrogens with one attached hydrogen (secondary N) is 1. The second kappa shape index (κ2) is 15.4. The molecular formula is C31H36N4O4S2. The van der Waals surface area contributed by atoms with Crippen LogP contribution in [0, 0.1) is 0 Å². The van der Waals surface area contributed by atoms with Gasteiger partial charge in [0.05, 0.1) is 40.2 Å². The van der Waals surface area contributed by atoms with Gasteiger partial charge < -0.3 is 20.1 Å². The number of carbonyl (C=O) groups is 2. The molecule has 0 aliphatic heterocycles. The smallest absolute Gasteiger partial charge is 0.410 e. The zero-order valence-corrected chi connectivity index (χ0v) is 24.9. The highest BCUT2D eigenvalue weighted by Crippen LogP contribution is 2.20. The first kappa shape index (κ1) is 30.4. The first-order valence-electron chi connectivity index (χ1n) is 13.6. The lowest BCUT2D eigenvalue weighted by molar-refractivity contribution is -0.121. The Morgan fingerprint density at radius 2 is 1.73 bits per heavy atom. The summed E-state index contributed by atoms with van der Waals surface area (Å²) in [5.74, 6) is 0.161. The SMILES string of the molecule is CC(C)c1nc(CC(=O)NC(Cc2ccccc2)CC(O)CN(Cc2ccccc2)C(=O)OCc2cncs2)cs1. The number of thiazole rings is 2. The minimum absolute atomic E-state index is 0.0570. The Morgan fingerprint density at radius 3 is 2.37 bits per heavy atom. The van der Waals surface area contributed by atoms with Crippen LogP contribution in [0.1, 0.15) is 52.9 Å². The van der Waals surface area contributed by atoms with Gasteiger partial charge in [0, 0.05) is 30.1 Å². The lowest BCUT2D eigenvalue weighted by Crippen LogP contribution is -2.43. The average Bonchev–Trinajstić information content (AvgIpc) is 3.65. The molecule has 216 valence electrons. The number of aliphatic hydroxyl groups is 1. The van der Waals surface area contributed by atoms with Gasteiger partial charge in [0.25, 0.3) is 0 Å². The summed E-state index contributed by atoms with van der Waals surface area (Å²) in [6.45, 7) is 4.62. The fourth-order valence-corrected chi connectivity index (χ4v) is 5.75. The van der Waals surface area contributed by atoms with Crippen LogP contribution in [0.2, 0.25) is 0 Å². The van der Waals surface area contributed by atoms with Gasteiger partial charge in [0.2, 0.25) is 5.91 Å². The molecule has 0 aliphatic rings. The normalized spacial score (nSPS) is 12.6.